The predicted molar refractivity (Wildman–Crippen MR) is 190 cm³/mol. The van der Waals surface area contributed by atoms with Crippen molar-refractivity contribution in [2.24, 2.45) is 17.8 Å². The quantitative estimate of drug-likeness (QED) is 0.235. The number of benzene rings is 2. The van der Waals surface area contributed by atoms with Crippen LogP contribution in [0, 0.1) is 24.7 Å². The van der Waals surface area contributed by atoms with Gasteiger partial charge in [0, 0.05) is 44.0 Å². The number of aromatic amines is 1. The minimum absolute atomic E-state index is 0.0198. The van der Waals surface area contributed by atoms with Crippen LogP contribution in [-0.4, -0.2) is 75.4 Å². The average Bonchev–Trinajstić information content (AvgIpc) is 3.46. The number of hydrogen-bond donors (Lipinski definition) is 3. The van der Waals surface area contributed by atoms with Crippen molar-refractivity contribution in [3.05, 3.63) is 69.2 Å². The zero-order valence-corrected chi connectivity index (χ0v) is 28.5. The summed E-state index contributed by atoms with van der Waals surface area (Å²) in [5, 5.41) is 4.86. The third-order valence-corrected chi connectivity index (χ3v) is 11.5. The zero-order valence-electron chi connectivity index (χ0n) is 27.7. The van der Waals surface area contributed by atoms with Gasteiger partial charge in [0.2, 0.25) is 11.8 Å². The van der Waals surface area contributed by atoms with Crippen LogP contribution in [0.1, 0.15) is 62.1 Å². The molecule has 0 aliphatic carbocycles. The number of nitrogens with zero attached hydrogens (tertiary/aromatic N) is 4. The predicted octanol–water partition coefficient (Wildman–Crippen LogP) is 5.07. The third-order valence-electron chi connectivity index (χ3n) is 11.2. The molecule has 4 aromatic rings. The van der Waals surface area contributed by atoms with Crippen LogP contribution in [-0.2, 0) is 16.0 Å². The first-order valence-corrected chi connectivity index (χ1v) is 17.9. The first-order valence-electron chi connectivity index (χ1n) is 17.6. The minimum Gasteiger partial charge on any atom is -0.397 e. The zero-order chi connectivity index (χ0) is 33.4. The molecule has 48 heavy (non-hydrogen) atoms. The molecule has 0 unspecified atom stereocenters. The molecular formula is C37H46ClN7O3. The Balaban J connectivity index is 1.04. The van der Waals surface area contributed by atoms with E-state index in [1.165, 1.54) is 12.8 Å². The Bertz CT molecular complexity index is 1840. The summed E-state index contributed by atoms with van der Waals surface area (Å²) in [7, 11) is 0. The Hall–Kier alpha value is -3.89. The number of pyridine rings is 1. The number of likely N-dealkylation sites (tertiary alicyclic amines) is 2. The van der Waals surface area contributed by atoms with Gasteiger partial charge in [-0.2, -0.15) is 0 Å². The van der Waals surface area contributed by atoms with Gasteiger partial charge in [-0.3, -0.25) is 19.1 Å². The van der Waals surface area contributed by atoms with Gasteiger partial charge in [0.1, 0.15) is 0 Å². The van der Waals surface area contributed by atoms with Crippen LogP contribution in [0.5, 0.6) is 0 Å². The van der Waals surface area contributed by atoms with Gasteiger partial charge in [-0.25, -0.2) is 4.79 Å². The van der Waals surface area contributed by atoms with Crippen molar-refractivity contribution < 1.29 is 9.59 Å². The number of piperidine rings is 3. The van der Waals surface area contributed by atoms with Gasteiger partial charge in [0.25, 0.3) is 0 Å². The number of carbonyl (C=O) groups is 2. The number of amides is 2. The molecule has 10 nitrogen and oxygen atoms in total. The molecule has 3 aliphatic heterocycles. The number of para-hydroxylation sites is 1. The Morgan fingerprint density at radius 1 is 0.979 bits per heavy atom. The molecule has 0 saturated carbocycles. The van der Waals surface area contributed by atoms with Gasteiger partial charge in [0.05, 0.1) is 39.4 Å². The summed E-state index contributed by atoms with van der Waals surface area (Å²) in [6.45, 7) is 6.63. The number of nitrogens with one attached hydrogen (secondary N) is 2. The average molecular weight is 672 g/mol. The molecule has 2 aromatic heterocycles. The number of imidazole rings is 1. The highest BCUT2D eigenvalue weighted by atomic mass is 35.5. The fraction of sp³-hybridized carbons (Fsp3) is 0.514. The van der Waals surface area contributed by atoms with E-state index in [1.807, 2.05) is 57.7 Å². The van der Waals surface area contributed by atoms with Gasteiger partial charge in [-0.1, -0.05) is 35.9 Å². The lowest BCUT2D eigenvalue weighted by Gasteiger charge is -2.39. The molecule has 0 radical (unpaired) electrons. The summed E-state index contributed by atoms with van der Waals surface area (Å²) in [6.07, 6.45) is 8.12. The van der Waals surface area contributed by atoms with Gasteiger partial charge in [-0.15, -0.1) is 0 Å². The number of nitrogens with two attached hydrogens (primary N) is 1. The van der Waals surface area contributed by atoms with E-state index in [0.717, 1.165) is 78.0 Å². The molecule has 0 bridgehead atoms. The Morgan fingerprint density at radius 3 is 2.40 bits per heavy atom. The van der Waals surface area contributed by atoms with E-state index in [1.54, 1.807) is 6.20 Å². The smallest absolute Gasteiger partial charge is 0.326 e. The molecule has 5 heterocycles. The molecule has 2 amide bonds. The number of aryl methyl sites for hydroxylation is 1. The maximum atomic E-state index is 14.1. The molecule has 254 valence electrons. The summed E-state index contributed by atoms with van der Waals surface area (Å²) in [4.78, 5) is 52.7. The largest absolute Gasteiger partial charge is 0.397 e. The Labute approximate surface area is 286 Å². The lowest BCUT2D eigenvalue weighted by Crippen LogP contribution is -2.46. The van der Waals surface area contributed by atoms with Crippen molar-refractivity contribution in [2.75, 3.05) is 45.0 Å². The molecule has 3 fully saturated rings. The lowest BCUT2D eigenvalue weighted by atomic mass is 9.79. The molecule has 1 atom stereocenters. The number of anilines is 1. The van der Waals surface area contributed by atoms with E-state index in [4.69, 9.17) is 17.3 Å². The number of carbonyl (C=O) groups excluding carboxylic acids is 2. The van der Waals surface area contributed by atoms with Gasteiger partial charge in [0.15, 0.2) is 0 Å². The van der Waals surface area contributed by atoms with Crippen LogP contribution in [0.25, 0.3) is 21.9 Å². The number of rotatable bonds is 7. The van der Waals surface area contributed by atoms with Crippen molar-refractivity contribution in [1.82, 2.24) is 29.7 Å². The van der Waals surface area contributed by atoms with E-state index in [9.17, 15) is 14.4 Å². The number of nitrogen functional groups attached to an aromatic ring is 1. The van der Waals surface area contributed by atoms with Crippen LogP contribution < -0.4 is 16.7 Å². The molecule has 4 N–H and O–H groups in total. The minimum atomic E-state index is -0.486. The fourth-order valence-corrected chi connectivity index (χ4v) is 8.73. The van der Waals surface area contributed by atoms with Crippen LogP contribution in [0.2, 0.25) is 5.02 Å². The number of hydrogen-bond acceptors (Lipinski definition) is 6. The van der Waals surface area contributed by atoms with Crippen LogP contribution in [0.3, 0.4) is 0 Å². The molecule has 2 aromatic carbocycles. The van der Waals surface area contributed by atoms with Crippen molar-refractivity contribution in [3.8, 4) is 0 Å². The number of fused-ring (bicyclic) bond motifs is 3. The van der Waals surface area contributed by atoms with Crippen LogP contribution in [0.15, 0.2) is 47.4 Å². The first kappa shape index (κ1) is 32.6. The molecule has 11 heteroatoms. The van der Waals surface area contributed by atoms with E-state index >= 15 is 0 Å². The van der Waals surface area contributed by atoms with Crippen molar-refractivity contribution in [2.45, 2.75) is 64.3 Å². The summed E-state index contributed by atoms with van der Waals surface area (Å²) < 4.78 is 1.81. The normalized spacial score (nSPS) is 19.3. The van der Waals surface area contributed by atoms with Gasteiger partial charge in [-0.05, 0) is 100 Å². The second-order valence-corrected chi connectivity index (χ2v) is 14.5. The van der Waals surface area contributed by atoms with Crippen molar-refractivity contribution in [1.29, 1.82) is 0 Å². The van der Waals surface area contributed by atoms with Crippen LogP contribution >= 0.6 is 11.6 Å². The lowest BCUT2D eigenvalue weighted by molar-refractivity contribution is -0.143. The SMILES string of the molecule is Cc1cc(C[C@@H](CC(=O)N2CCC(n3c(=O)[nH]c4c5ccccc5ncc43)CC2)C(=O)N2CCC(C3CCNCC3)CC2)cc(Cl)c1N. The number of H-pyrrole nitrogens is 1. The maximum absolute atomic E-state index is 14.1. The van der Waals surface area contributed by atoms with E-state index < -0.39 is 5.92 Å². The molecular weight excluding hydrogens is 626 g/mol. The van der Waals surface area contributed by atoms with E-state index in [0.29, 0.717) is 49.0 Å². The van der Waals surface area contributed by atoms with Gasteiger partial charge < -0.3 is 25.8 Å². The second kappa shape index (κ2) is 13.9. The van der Waals surface area contributed by atoms with Crippen molar-refractivity contribution in [3.63, 3.8) is 0 Å². The highest BCUT2D eigenvalue weighted by Crippen LogP contribution is 2.33. The summed E-state index contributed by atoms with van der Waals surface area (Å²) >= 11 is 6.45. The molecule has 3 aliphatic rings. The maximum Gasteiger partial charge on any atom is 0.326 e. The third kappa shape index (κ3) is 6.57. The Kier molecular flexibility index (Phi) is 9.47. The van der Waals surface area contributed by atoms with Crippen molar-refractivity contribution >= 4 is 51.0 Å². The summed E-state index contributed by atoms with van der Waals surface area (Å²) in [5.41, 5.74) is 10.7. The van der Waals surface area contributed by atoms with E-state index in [2.05, 4.69) is 15.3 Å². The molecule has 0 spiro atoms. The monoisotopic (exact) mass is 671 g/mol. The second-order valence-electron chi connectivity index (χ2n) is 14.1. The summed E-state index contributed by atoms with van der Waals surface area (Å²) in [5.74, 6) is 0.946. The van der Waals surface area contributed by atoms with E-state index in [-0.39, 0.29) is 30.0 Å². The fourth-order valence-electron chi connectivity index (χ4n) is 8.44. The number of halogens is 1. The number of aromatic nitrogens is 3. The first-order chi connectivity index (χ1) is 23.3. The molecule has 7 rings (SSSR count). The standard InChI is InChI=1S/C37H46ClN7O3/c1-23-18-24(20-30(38)34(23)39)19-27(36(47)44-14-8-26(9-15-44)25-6-12-40-13-7-25)21-33(46)43-16-10-28(11-17-43)45-32-22-41-31-5-3-2-4-29(31)35(32)42-37(45)48/h2-5,18,20,22,25-28,40H,6-17,19,21,39H2,1H3,(H,42,48)/t27-/m0/s1. The summed E-state index contributed by atoms with van der Waals surface area (Å²) in [6, 6.07) is 11.6. The topological polar surface area (TPSA) is 129 Å². The highest BCUT2D eigenvalue weighted by molar-refractivity contribution is 6.33. The molecule has 3 saturated heterocycles. The Morgan fingerprint density at radius 2 is 1.67 bits per heavy atom. The van der Waals surface area contributed by atoms with Crippen LogP contribution in [0.4, 0.5) is 5.69 Å². The highest BCUT2D eigenvalue weighted by Gasteiger charge is 2.35. The van der Waals surface area contributed by atoms with Gasteiger partial charge >= 0.3 is 5.69 Å².